The van der Waals surface area contributed by atoms with Gasteiger partial charge in [-0.1, -0.05) is 17.9 Å². The fourth-order valence-corrected chi connectivity index (χ4v) is 4.37. The molecular formula is C22H20F2N4O3. The highest BCUT2D eigenvalue weighted by molar-refractivity contribution is 5.93. The van der Waals surface area contributed by atoms with Gasteiger partial charge >= 0.3 is 0 Å². The number of nitrogens with two attached hydrogens (primary N) is 1. The van der Waals surface area contributed by atoms with Crippen LogP contribution in [0.3, 0.4) is 0 Å². The second kappa shape index (κ2) is 6.62. The molecule has 2 fully saturated rings. The number of piperidine rings is 1. The lowest BCUT2D eigenvalue weighted by Gasteiger charge is -2.23. The van der Waals surface area contributed by atoms with E-state index in [9.17, 15) is 18.4 Å². The lowest BCUT2D eigenvalue weighted by Crippen LogP contribution is -2.41. The molecule has 1 aromatic carbocycles. The van der Waals surface area contributed by atoms with E-state index >= 15 is 0 Å². The third-order valence-electron chi connectivity index (χ3n) is 6.11. The minimum atomic E-state index is -3.15. The number of ether oxygens (including phenoxy) is 1. The Morgan fingerprint density at radius 3 is 2.94 bits per heavy atom. The number of carbonyl (C=O) groups excluding carboxylic acids is 2. The molecule has 9 heteroatoms. The molecule has 3 heterocycles. The number of rotatable bonds is 2. The van der Waals surface area contributed by atoms with E-state index in [1.807, 2.05) is 0 Å². The molecule has 3 aliphatic rings. The van der Waals surface area contributed by atoms with E-state index in [1.165, 1.54) is 4.68 Å². The normalized spacial score (nSPS) is 25.8. The predicted octanol–water partition coefficient (Wildman–Crippen LogP) is 1.75. The number of amides is 2. The van der Waals surface area contributed by atoms with E-state index in [2.05, 4.69) is 16.9 Å². The Kier molecular flexibility index (Phi) is 4.21. The first-order chi connectivity index (χ1) is 14.7. The summed E-state index contributed by atoms with van der Waals surface area (Å²) >= 11 is 0. The number of nitrogens with zero attached hydrogens (tertiary/aromatic N) is 3. The summed E-state index contributed by atoms with van der Waals surface area (Å²) in [6.07, 6.45) is 0.424. The van der Waals surface area contributed by atoms with Gasteiger partial charge in [0, 0.05) is 32.0 Å². The highest BCUT2D eigenvalue weighted by atomic mass is 19.3. The molecule has 0 spiro atoms. The second-order valence-corrected chi connectivity index (χ2v) is 8.20. The lowest BCUT2D eigenvalue weighted by atomic mass is 9.91. The summed E-state index contributed by atoms with van der Waals surface area (Å²) < 4.78 is 36.0. The second-order valence-electron chi connectivity index (χ2n) is 8.20. The van der Waals surface area contributed by atoms with E-state index in [0.717, 1.165) is 0 Å². The van der Waals surface area contributed by atoms with E-state index in [4.69, 9.17) is 10.5 Å². The molecule has 5 rings (SSSR count). The predicted molar refractivity (Wildman–Crippen MR) is 106 cm³/mol. The molecule has 2 atom stereocenters. The standard InChI is InChI=1S/C22H20F2N4O3/c1-27-11-10-21(18(31-21)20(27)30)9-7-13-4-2-5-14(12-13)28-15-6-3-8-22(23,24)16(15)17(26-28)19(25)29/h2,4-5,12,18H,3,6,8,10-11H2,1H3,(H2,25,29)/t18?,21-/m0/s1. The zero-order valence-corrected chi connectivity index (χ0v) is 16.8. The Labute approximate surface area is 177 Å². The number of fused-ring (bicyclic) bond motifs is 2. The van der Waals surface area contributed by atoms with Crippen LogP contribution in [0.5, 0.6) is 0 Å². The molecule has 0 radical (unpaired) electrons. The summed E-state index contributed by atoms with van der Waals surface area (Å²) in [5, 5.41) is 4.13. The van der Waals surface area contributed by atoms with Crippen LogP contribution in [0.4, 0.5) is 8.78 Å². The van der Waals surface area contributed by atoms with Crippen LogP contribution in [0.1, 0.15) is 46.6 Å². The number of likely N-dealkylation sites (tertiary alicyclic amines) is 1. The summed E-state index contributed by atoms with van der Waals surface area (Å²) in [5.74, 6) is 1.92. The first kappa shape index (κ1) is 19.7. The number of hydrogen-bond donors (Lipinski definition) is 1. The van der Waals surface area contributed by atoms with Crippen LogP contribution in [0.15, 0.2) is 24.3 Å². The zero-order valence-electron chi connectivity index (χ0n) is 16.8. The van der Waals surface area contributed by atoms with Crippen molar-refractivity contribution in [1.82, 2.24) is 14.7 Å². The largest absolute Gasteiger partial charge is 0.364 e. The number of halogens is 2. The summed E-state index contributed by atoms with van der Waals surface area (Å²) in [4.78, 5) is 25.5. The summed E-state index contributed by atoms with van der Waals surface area (Å²) in [7, 11) is 1.74. The number of carbonyl (C=O) groups is 2. The van der Waals surface area contributed by atoms with Crippen LogP contribution in [-0.2, 0) is 21.9 Å². The molecule has 1 aliphatic carbocycles. The van der Waals surface area contributed by atoms with Gasteiger partial charge in [0.15, 0.2) is 17.4 Å². The lowest BCUT2D eigenvalue weighted by molar-refractivity contribution is -0.131. The van der Waals surface area contributed by atoms with E-state index in [0.29, 0.717) is 36.3 Å². The van der Waals surface area contributed by atoms with Crippen molar-refractivity contribution in [1.29, 1.82) is 0 Å². The number of aromatic nitrogens is 2. The number of epoxide rings is 1. The number of primary amides is 1. The van der Waals surface area contributed by atoms with E-state index in [1.54, 1.807) is 36.2 Å². The maximum Gasteiger partial charge on any atom is 0.277 e. The molecule has 0 saturated carbocycles. The summed E-state index contributed by atoms with van der Waals surface area (Å²) in [6.45, 7) is 0.577. The highest BCUT2D eigenvalue weighted by Gasteiger charge is 2.63. The van der Waals surface area contributed by atoms with Gasteiger partial charge in [-0.15, -0.1) is 0 Å². The van der Waals surface area contributed by atoms with Crippen molar-refractivity contribution in [3.63, 3.8) is 0 Å². The first-order valence-corrected chi connectivity index (χ1v) is 10.1. The van der Waals surface area contributed by atoms with Crippen LogP contribution < -0.4 is 5.73 Å². The Morgan fingerprint density at radius 2 is 2.16 bits per heavy atom. The average Bonchev–Trinajstić information content (AvgIpc) is 3.33. The van der Waals surface area contributed by atoms with E-state index in [-0.39, 0.29) is 24.3 Å². The molecule has 1 unspecified atom stereocenters. The van der Waals surface area contributed by atoms with E-state index < -0.39 is 29.2 Å². The van der Waals surface area contributed by atoms with Crippen LogP contribution in [0.2, 0.25) is 0 Å². The molecular weight excluding hydrogens is 406 g/mol. The highest BCUT2D eigenvalue weighted by Crippen LogP contribution is 2.44. The average molecular weight is 426 g/mol. The molecule has 0 bridgehead atoms. The van der Waals surface area contributed by atoms with Crippen molar-refractivity contribution in [3.05, 3.63) is 46.8 Å². The summed E-state index contributed by atoms with van der Waals surface area (Å²) in [5.41, 5.74) is 5.25. The molecule has 160 valence electrons. The van der Waals surface area contributed by atoms with Gasteiger partial charge in [-0.25, -0.2) is 13.5 Å². The van der Waals surface area contributed by atoms with Crippen LogP contribution >= 0.6 is 0 Å². The Hall–Kier alpha value is -3.25. The molecule has 2 saturated heterocycles. The van der Waals surface area contributed by atoms with Crippen LogP contribution in [0, 0.1) is 11.8 Å². The van der Waals surface area contributed by atoms with Crippen molar-refractivity contribution in [3.8, 4) is 17.5 Å². The minimum absolute atomic E-state index is 0.0719. The molecule has 1 aromatic heterocycles. The van der Waals surface area contributed by atoms with Gasteiger partial charge in [-0.05, 0) is 31.0 Å². The number of alkyl halides is 2. The van der Waals surface area contributed by atoms with Crippen LogP contribution in [0.25, 0.3) is 5.69 Å². The fraction of sp³-hybridized carbons (Fsp3) is 0.409. The van der Waals surface area contributed by atoms with Crippen molar-refractivity contribution < 1.29 is 23.1 Å². The fourth-order valence-electron chi connectivity index (χ4n) is 4.37. The van der Waals surface area contributed by atoms with Crippen LogP contribution in [-0.4, -0.2) is 51.8 Å². The zero-order chi connectivity index (χ0) is 22.0. The Morgan fingerprint density at radius 1 is 1.35 bits per heavy atom. The third kappa shape index (κ3) is 3.10. The molecule has 2 N–H and O–H groups in total. The maximum absolute atomic E-state index is 14.5. The van der Waals surface area contributed by atoms with Gasteiger partial charge in [0.1, 0.15) is 0 Å². The van der Waals surface area contributed by atoms with Gasteiger partial charge in [-0.2, -0.15) is 5.10 Å². The Balaban J connectivity index is 1.51. The molecule has 2 aliphatic heterocycles. The summed E-state index contributed by atoms with van der Waals surface area (Å²) in [6, 6.07) is 6.94. The molecule has 2 amide bonds. The quantitative estimate of drug-likeness (QED) is 0.585. The Bertz CT molecular complexity index is 1180. The number of likely N-dealkylation sites (N-methyl/N-ethyl adjacent to an activating group) is 1. The van der Waals surface area contributed by atoms with Gasteiger partial charge in [-0.3, -0.25) is 9.59 Å². The molecule has 7 nitrogen and oxygen atoms in total. The van der Waals surface area contributed by atoms with Gasteiger partial charge < -0.3 is 15.4 Å². The smallest absolute Gasteiger partial charge is 0.277 e. The number of benzene rings is 1. The minimum Gasteiger partial charge on any atom is -0.364 e. The van der Waals surface area contributed by atoms with Crippen molar-refractivity contribution >= 4 is 11.8 Å². The monoisotopic (exact) mass is 426 g/mol. The van der Waals surface area contributed by atoms with Gasteiger partial charge in [0.05, 0.1) is 16.9 Å². The first-order valence-electron chi connectivity index (χ1n) is 10.1. The topological polar surface area (TPSA) is 93.8 Å². The van der Waals surface area contributed by atoms with Gasteiger partial charge in [0.25, 0.3) is 17.7 Å². The third-order valence-corrected chi connectivity index (χ3v) is 6.11. The maximum atomic E-state index is 14.5. The molecule has 31 heavy (non-hydrogen) atoms. The van der Waals surface area contributed by atoms with Crippen molar-refractivity contribution in [2.75, 3.05) is 13.6 Å². The SMILES string of the molecule is CN1CC[C@]2(C#Cc3cccc(-n4nc(C(N)=O)c5c4CCCC5(F)F)c3)OC2C1=O. The van der Waals surface area contributed by atoms with Gasteiger partial charge in [0.2, 0.25) is 0 Å². The van der Waals surface area contributed by atoms with Crippen molar-refractivity contribution in [2.24, 2.45) is 5.73 Å². The number of hydrogen-bond acceptors (Lipinski definition) is 4. The molecule has 2 aromatic rings. The van der Waals surface area contributed by atoms with Crippen molar-refractivity contribution in [2.45, 2.75) is 43.3 Å².